The number of sulfonamides is 1. The molecule has 184 valence electrons. The molecular formula is C27H31N3O4S. The maximum atomic E-state index is 14.4. The molecule has 2 unspecified atom stereocenters. The van der Waals surface area contributed by atoms with Crippen molar-refractivity contribution in [1.29, 1.82) is 0 Å². The third kappa shape index (κ3) is 4.24. The SMILES string of the molecule is Cc1noc(NS(=O)(=O)[C@@]2(CC3CC3C(C)C)C=C(c3ncco3)C=C[C@H]2c2ccccc2)c1C. The summed E-state index contributed by atoms with van der Waals surface area (Å²) in [6.45, 7) is 8.00. The Labute approximate surface area is 206 Å². The lowest BCUT2D eigenvalue weighted by Gasteiger charge is -2.39. The van der Waals surface area contributed by atoms with Crippen molar-refractivity contribution in [3.63, 3.8) is 0 Å². The first-order chi connectivity index (χ1) is 16.7. The molecule has 2 aromatic heterocycles. The van der Waals surface area contributed by atoms with Crippen LogP contribution in [-0.2, 0) is 10.0 Å². The number of nitrogens with one attached hydrogen (secondary N) is 1. The van der Waals surface area contributed by atoms with Gasteiger partial charge in [0.1, 0.15) is 11.0 Å². The number of rotatable bonds is 8. The van der Waals surface area contributed by atoms with Gasteiger partial charge in [-0.25, -0.2) is 18.1 Å². The molecule has 1 aromatic carbocycles. The van der Waals surface area contributed by atoms with Gasteiger partial charge in [0.25, 0.3) is 0 Å². The minimum absolute atomic E-state index is 0.158. The second-order valence-corrected chi connectivity index (χ2v) is 12.0. The first-order valence-corrected chi connectivity index (χ1v) is 13.5. The molecule has 2 aliphatic carbocycles. The summed E-state index contributed by atoms with van der Waals surface area (Å²) in [5.74, 6) is 1.44. The molecule has 3 aromatic rings. The van der Waals surface area contributed by atoms with Gasteiger partial charge in [-0.05, 0) is 56.1 Å². The fraction of sp³-hybridized carbons (Fsp3) is 0.407. The maximum Gasteiger partial charge on any atom is 0.245 e. The topological polar surface area (TPSA) is 98.2 Å². The van der Waals surface area contributed by atoms with E-state index in [2.05, 4.69) is 28.7 Å². The minimum Gasteiger partial charge on any atom is -0.445 e. The number of hydrogen-bond donors (Lipinski definition) is 1. The van der Waals surface area contributed by atoms with Gasteiger partial charge in [0.05, 0.1) is 11.9 Å². The second-order valence-electron chi connectivity index (χ2n) is 10.1. The van der Waals surface area contributed by atoms with Gasteiger partial charge in [0.15, 0.2) is 0 Å². The van der Waals surface area contributed by atoms with Crippen molar-refractivity contribution in [2.24, 2.45) is 17.8 Å². The predicted molar refractivity (Wildman–Crippen MR) is 135 cm³/mol. The summed E-state index contributed by atoms with van der Waals surface area (Å²) >= 11 is 0. The van der Waals surface area contributed by atoms with Crippen LogP contribution in [0.5, 0.6) is 0 Å². The zero-order chi connectivity index (χ0) is 24.8. The molecule has 1 saturated carbocycles. The van der Waals surface area contributed by atoms with E-state index in [4.69, 9.17) is 8.94 Å². The van der Waals surface area contributed by atoms with Crippen LogP contribution in [0.3, 0.4) is 0 Å². The molecule has 0 aliphatic heterocycles. The number of oxazole rings is 1. The van der Waals surface area contributed by atoms with Gasteiger partial charge in [-0.2, -0.15) is 0 Å². The van der Waals surface area contributed by atoms with E-state index in [1.54, 1.807) is 20.0 Å². The first-order valence-electron chi connectivity index (χ1n) is 12.0. The lowest BCUT2D eigenvalue weighted by molar-refractivity contribution is 0.425. The lowest BCUT2D eigenvalue weighted by atomic mass is 9.77. The number of anilines is 1. The summed E-state index contributed by atoms with van der Waals surface area (Å²) in [6, 6.07) is 9.80. The fourth-order valence-electron chi connectivity index (χ4n) is 5.32. The third-order valence-electron chi connectivity index (χ3n) is 7.53. The molecule has 1 N–H and O–H groups in total. The molecular weight excluding hydrogens is 462 g/mol. The average molecular weight is 494 g/mol. The number of nitrogens with zero attached hydrogens (tertiary/aromatic N) is 2. The van der Waals surface area contributed by atoms with Crippen LogP contribution in [0.15, 0.2) is 70.0 Å². The summed E-state index contributed by atoms with van der Waals surface area (Å²) in [5.41, 5.74) is 2.91. The quantitative estimate of drug-likeness (QED) is 0.421. The van der Waals surface area contributed by atoms with Crippen LogP contribution >= 0.6 is 0 Å². The third-order valence-corrected chi connectivity index (χ3v) is 9.53. The summed E-state index contributed by atoms with van der Waals surface area (Å²) < 4.78 is 41.3. The van der Waals surface area contributed by atoms with Gasteiger partial charge in [0, 0.05) is 17.1 Å². The normalized spacial score (nSPS) is 26.1. The molecule has 0 spiro atoms. The van der Waals surface area contributed by atoms with Gasteiger partial charge in [-0.15, -0.1) is 0 Å². The van der Waals surface area contributed by atoms with Crippen molar-refractivity contribution in [2.75, 3.05) is 4.72 Å². The molecule has 0 amide bonds. The molecule has 4 atom stereocenters. The van der Waals surface area contributed by atoms with Crippen LogP contribution in [0.1, 0.15) is 55.3 Å². The fourth-order valence-corrected chi connectivity index (χ4v) is 7.21. The Morgan fingerprint density at radius 1 is 1.20 bits per heavy atom. The van der Waals surface area contributed by atoms with E-state index in [1.165, 1.54) is 6.26 Å². The highest BCUT2D eigenvalue weighted by molar-refractivity contribution is 7.94. The molecule has 7 nitrogen and oxygen atoms in total. The van der Waals surface area contributed by atoms with E-state index in [-0.39, 0.29) is 5.88 Å². The van der Waals surface area contributed by atoms with Crippen molar-refractivity contribution in [3.05, 3.63) is 83.7 Å². The Hall–Kier alpha value is -3.13. The Morgan fingerprint density at radius 3 is 2.57 bits per heavy atom. The lowest BCUT2D eigenvalue weighted by Crippen LogP contribution is -2.47. The van der Waals surface area contributed by atoms with E-state index in [1.807, 2.05) is 48.6 Å². The van der Waals surface area contributed by atoms with Crippen LogP contribution in [0, 0.1) is 31.6 Å². The molecule has 2 aliphatic rings. The van der Waals surface area contributed by atoms with Crippen LogP contribution < -0.4 is 4.72 Å². The molecule has 35 heavy (non-hydrogen) atoms. The number of hydrogen-bond acceptors (Lipinski definition) is 6. The van der Waals surface area contributed by atoms with Gasteiger partial charge in [-0.1, -0.05) is 61.5 Å². The molecule has 1 fully saturated rings. The highest BCUT2D eigenvalue weighted by atomic mass is 32.2. The van der Waals surface area contributed by atoms with E-state index >= 15 is 0 Å². The maximum absolute atomic E-state index is 14.4. The largest absolute Gasteiger partial charge is 0.445 e. The van der Waals surface area contributed by atoms with Gasteiger partial charge < -0.3 is 8.94 Å². The first kappa shape index (κ1) is 23.6. The predicted octanol–water partition coefficient (Wildman–Crippen LogP) is 5.88. The molecule has 0 radical (unpaired) electrons. The van der Waals surface area contributed by atoms with Gasteiger partial charge >= 0.3 is 0 Å². The molecule has 5 rings (SSSR count). The zero-order valence-electron chi connectivity index (χ0n) is 20.4. The monoisotopic (exact) mass is 493 g/mol. The Bertz CT molecular complexity index is 1360. The van der Waals surface area contributed by atoms with Crippen molar-refractivity contribution < 1.29 is 17.4 Å². The van der Waals surface area contributed by atoms with Crippen LogP contribution in [0.2, 0.25) is 0 Å². The van der Waals surface area contributed by atoms with E-state index in [0.717, 1.165) is 12.0 Å². The van der Waals surface area contributed by atoms with E-state index in [0.29, 0.717) is 46.9 Å². The van der Waals surface area contributed by atoms with Crippen molar-refractivity contribution in [1.82, 2.24) is 10.1 Å². The summed E-state index contributed by atoms with van der Waals surface area (Å²) in [4.78, 5) is 4.29. The number of aromatic nitrogens is 2. The number of allylic oxidation sites excluding steroid dienone is 3. The number of benzene rings is 1. The molecule has 0 bridgehead atoms. The Kier molecular flexibility index (Phi) is 5.95. The highest BCUT2D eigenvalue weighted by Gasteiger charge is 2.55. The standard InChI is InChI=1S/C27H31N3O4S/c1-17(2)23-14-22(23)16-27(35(31,32)30-25-18(3)19(4)29-34-25)15-21(26-28-12-13-33-26)10-11-24(27)20-8-6-5-7-9-20/h5-13,15,17,22-24,30H,14,16H2,1-4H3/t22?,23?,24-,27+/m0/s1. The molecule has 2 heterocycles. The van der Waals surface area contributed by atoms with E-state index < -0.39 is 20.7 Å². The van der Waals surface area contributed by atoms with Gasteiger partial charge in [-0.3, -0.25) is 0 Å². The average Bonchev–Trinajstić information content (AvgIpc) is 3.25. The zero-order valence-corrected chi connectivity index (χ0v) is 21.2. The number of aryl methyl sites for hydroxylation is 1. The Balaban J connectivity index is 1.67. The van der Waals surface area contributed by atoms with Crippen LogP contribution in [0.25, 0.3) is 5.57 Å². The minimum atomic E-state index is -4.01. The van der Waals surface area contributed by atoms with Gasteiger partial charge in [0.2, 0.25) is 21.8 Å². The van der Waals surface area contributed by atoms with E-state index in [9.17, 15) is 8.42 Å². The van der Waals surface area contributed by atoms with Crippen LogP contribution in [0.4, 0.5) is 5.88 Å². The summed E-state index contributed by atoms with van der Waals surface area (Å²) in [6.07, 6.45) is 10.3. The van der Waals surface area contributed by atoms with Crippen molar-refractivity contribution >= 4 is 21.5 Å². The summed E-state index contributed by atoms with van der Waals surface area (Å²) in [5, 5.41) is 3.95. The summed E-state index contributed by atoms with van der Waals surface area (Å²) in [7, 11) is -4.01. The second kappa shape index (κ2) is 8.82. The molecule has 8 heteroatoms. The molecule has 0 saturated heterocycles. The Morgan fingerprint density at radius 2 is 1.97 bits per heavy atom. The van der Waals surface area contributed by atoms with Crippen molar-refractivity contribution in [3.8, 4) is 0 Å². The highest BCUT2D eigenvalue weighted by Crippen LogP contribution is 2.55. The van der Waals surface area contributed by atoms with Crippen molar-refractivity contribution in [2.45, 2.75) is 51.2 Å². The smallest absolute Gasteiger partial charge is 0.245 e. The van der Waals surface area contributed by atoms with Crippen LogP contribution in [-0.4, -0.2) is 23.3 Å².